The third-order valence-corrected chi connectivity index (χ3v) is 6.00. The molecule has 30 heavy (non-hydrogen) atoms. The minimum atomic E-state index is -4.23. The Balaban J connectivity index is 0.00000320. The molecule has 1 aliphatic rings. The van der Waals surface area contributed by atoms with Crippen molar-refractivity contribution in [2.24, 2.45) is 0 Å². The van der Waals surface area contributed by atoms with Gasteiger partial charge in [-0.1, -0.05) is 12.1 Å². The van der Waals surface area contributed by atoms with E-state index < -0.39 is 62.4 Å². The van der Waals surface area contributed by atoms with Gasteiger partial charge in [0.2, 0.25) is 10.0 Å². The number of alkyl halides is 2. The summed E-state index contributed by atoms with van der Waals surface area (Å²) in [5, 5.41) is 0. The van der Waals surface area contributed by atoms with Crippen molar-refractivity contribution in [3.63, 3.8) is 0 Å². The summed E-state index contributed by atoms with van der Waals surface area (Å²) in [7, 11) is -4.23. The summed E-state index contributed by atoms with van der Waals surface area (Å²) in [6.45, 7) is 0.545. The minimum Gasteiger partial charge on any atom is -0.380 e. The molecule has 3 rings (SSSR count). The van der Waals surface area contributed by atoms with Crippen LogP contribution in [-0.2, 0) is 21.2 Å². The number of benzene rings is 2. The predicted molar refractivity (Wildman–Crippen MR) is 106 cm³/mol. The second kappa shape index (κ2) is 9.90. The van der Waals surface area contributed by atoms with Crippen LogP contribution in [0.25, 0.3) is 0 Å². The Kier molecular flexibility index (Phi) is 8.03. The van der Waals surface area contributed by atoms with Gasteiger partial charge in [0.15, 0.2) is 11.6 Å². The number of rotatable bonds is 7. The van der Waals surface area contributed by atoms with Gasteiger partial charge >= 0.3 is 0 Å². The van der Waals surface area contributed by atoms with Gasteiger partial charge in [0, 0.05) is 19.1 Å². The van der Waals surface area contributed by atoms with Gasteiger partial charge in [0.05, 0.1) is 17.7 Å². The van der Waals surface area contributed by atoms with E-state index in [0.717, 1.165) is 30.3 Å². The molecule has 164 valence electrons. The predicted octanol–water partition coefficient (Wildman–Crippen LogP) is 3.51. The van der Waals surface area contributed by atoms with Crippen molar-refractivity contribution in [3.05, 3.63) is 64.7 Å². The topological polar surface area (TPSA) is 72.5 Å². The Hall–Kier alpha value is -1.95. The molecular formula is C19H19F4NO4S2. The zero-order valence-corrected chi connectivity index (χ0v) is 17.3. The highest BCUT2D eigenvalue weighted by molar-refractivity contribution is 7.89. The Morgan fingerprint density at radius 3 is 2.57 bits per heavy atom. The highest BCUT2D eigenvalue weighted by Crippen LogP contribution is 2.25. The lowest BCUT2D eigenvalue weighted by Crippen LogP contribution is -2.35. The van der Waals surface area contributed by atoms with Crippen molar-refractivity contribution in [2.75, 3.05) is 13.2 Å². The van der Waals surface area contributed by atoms with E-state index in [2.05, 4.69) is 4.72 Å². The van der Waals surface area contributed by atoms with Crippen LogP contribution in [0.3, 0.4) is 0 Å². The first-order chi connectivity index (χ1) is 13.7. The highest BCUT2D eigenvalue weighted by atomic mass is 32.2. The van der Waals surface area contributed by atoms with E-state index in [9.17, 15) is 30.8 Å². The average molecular weight is 465 g/mol. The van der Waals surface area contributed by atoms with Gasteiger partial charge in [-0.3, -0.25) is 4.79 Å². The molecule has 0 unspecified atom stereocenters. The summed E-state index contributed by atoms with van der Waals surface area (Å²) < 4.78 is 86.2. The van der Waals surface area contributed by atoms with E-state index in [0.29, 0.717) is 13.0 Å². The van der Waals surface area contributed by atoms with Crippen LogP contribution in [-0.4, -0.2) is 33.5 Å². The lowest BCUT2D eigenvalue weighted by Gasteiger charge is -2.13. The smallest absolute Gasteiger partial charge is 0.266 e. The maximum Gasteiger partial charge on any atom is 0.266 e. The van der Waals surface area contributed by atoms with Gasteiger partial charge in [-0.25, -0.2) is 30.7 Å². The maximum atomic E-state index is 14.8. The van der Waals surface area contributed by atoms with E-state index in [-0.39, 0.29) is 25.7 Å². The van der Waals surface area contributed by atoms with Crippen LogP contribution in [0, 0.1) is 11.6 Å². The summed E-state index contributed by atoms with van der Waals surface area (Å²) >= 11 is 0. The summed E-state index contributed by atoms with van der Waals surface area (Å²) in [4.78, 5) is 11.8. The number of hydrogen-bond donors (Lipinski definition) is 1. The van der Waals surface area contributed by atoms with E-state index in [1.54, 1.807) is 0 Å². The maximum absolute atomic E-state index is 14.8. The second-order valence-corrected chi connectivity index (χ2v) is 8.24. The van der Waals surface area contributed by atoms with Crippen molar-refractivity contribution < 1.29 is 35.5 Å². The van der Waals surface area contributed by atoms with Crippen molar-refractivity contribution in [2.45, 2.75) is 30.2 Å². The molecule has 0 radical (unpaired) electrons. The van der Waals surface area contributed by atoms with Crippen molar-refractivity contribution in [1.82, 2.24) is 4.72 Å². The molecule has 1 atom stereocenters. The third kappa shape index (κ3) is 5.39. The first-order valence-electron chi connectivity index (χ1n) is 8.67. The fourth-order valence-electron chi connectivity index (χ4n) is 3.00. The normalized spacial score (nSPS) is 16.5. The molecule has 0 aromatic heterocycles. The summed E-state index contributed by atoms with van der Waals surface area (Å²) in [5.74, 6) is -3.17. The average Bonchev–Trinajstić information content (AvgIpc) is 3.15. The van der Waals surface area contributed by atoms with Crippen LogP contribution in [0.1, 0.15) is 34.3 Å². The molecule has 1 aliphatic heterocycles. The zero-order valence-electron chi connectivity index (χ0n) is 15.5. The lowest BCUT2D eigenvalue weighted by atomic mass is 10.0. The quantitative estimate of drug-likeness (QED) is 0.502. The second-order valence-electron chi connectivity index (χ2n) is 6.56. The van der Waals surface area contributed by atoms with Crippen LogP contribution < -0.4 is 4.72 Å². The number of ether oxygens (including phenoxy) is 1. The number of carbonyl (C=O) groups excluding carboxylic acids is 1. The first-order valence-corrected chi connectivity index (χ1v) is 10.2. The van der Waals surface area contributed by atoms with Crippen LogP contribution in [0.5, 0.6) is 0 Å². The standard InChI is InChI=1S/C19H17F4NO4S.H2S/c20-15-5-4-11(8-14(15)19(22)23)9-16(25)13-2-1-3-17(18(13)21)29(26,27)24-12-6-7-28-10-12;/h1-5,8,12,19,24H,6-7,9-10H2;1H2/t12-;/m0./s1. The molecule has 5 nitrogen and oxygen atoms in total. The fraction of sp³-hybridized carbons (Fsp3) is 0.316. The van der Waals surface area contributed by atoms with E-state index in [1.807, 2.05) is 0 Å². The van der Waals surface area contributed by atoms with Crippen LogP contribution in [0.15, 0.2) is 41.3 Å². The number of Topliss-reactive ketones (excluding diaryl/α,β-unsaturated/α-hetero) is 1. The highest BCUT2D eigenvalue weighted by Gasteiger charge is 2.28. The number of hydrogen-bond acceptors (Lipinski definition) is 4. The first kappa shape index (κ1) is 24.3. The molecule has 1 saturated heterocycles. The third-order valence-electron chi connectivity index (χ3n) is 4.46. The molecule has 2 aromatic carbocycles. The molecular weight excluding hydrogens is 446 g/mol. The molecule has 0 saturated carbocycles. The van der Waals surface area contributed by atoms with Crippen LogP contribution >= 0.6 is 13.5 Å². The van der Waals surface area contributed by atoms with Gasteiger partial charge in [-0.15, -0.1) is 0 Å². The number of carbonyl (C=O) groups is 1. The van der Waals surface area contributed by atoms with Gasteiger partial charge in [-0.05, 0) is 36.2 Å². The van der Waals surface area contributed by atoms with Gasteiger partial charge in [-0.2, -0.15) is 13.5 Å². The van der Waals surface area contributed by atoms with Gasteiger partial charge in [0.1, 0.15) is 10.7 Å². The Labute approximate surface area is 177 Å². The number of ketones is 1. The number of nitrogens with one attached hydrogen (secondary N) is 1. The van der Waals surface area contributed by atoms with Gasteiger partial charge < -0.3 is 4.74 Å². The molecule has 0 aliphatic carbocycles. The number of halogens is 4. The van der Waals surface area contributed by atoms with E-state index in [1.165, 1.54) is 6.07 Å². The molecule has 1 N–H and O–H groups in total. The van der Waals surface area contributed by atoms with Crippen molar-refractivity contribution in [1.29, 1.82) is 0 Å². The Morgan fingerprint density at radius 2 is 1.93 bits per heavy atom. The van der Waals surface area contributed by atoms with Gasteiger partial charge in [0.25, 0.3) is 6.43 Å². The lowest BCUT2D eigenvalue weighted by molar-refractivity contribution is 0.0988. The van der Waals surface area contributed by atoms with Crippen LogP contribution in [0.2, 0.25) is 0 Å². The monoisotopic (exact) mass is 465 g/mol. The molecule has 11 heteroatoms. The molecule has 0 amide bonds. The molecule has 1 fully saturated rings. The van der Waals surface area contributed by atoms with E-state index in [4.69, 9.17) is 4.74 Å². The Morgan fingerprint density at radius 1 is 1.20 bits per heavy atom. The molecule has 1 heterocycles. The largest absolute Gasteiger partial charge is 0.380 e. The summed E-state index contributed by atoms with van der Waals surface area (Å²) in [5.41, 5.74) is -1.31. The molecule has 0 bridgehead atoms. The SMILES string of the molecule is O=C(Cc1ccc(F)c(C(F)F)c1)c1cccc(S(=O)(=O)N[C@H]2CCOC2)c1F.S. The zero-order chi connectivity index (χ0) is 21.2. The summed E-state index contributed by atoms with van der Waals surface area (Å²) in [6, 6.07) is 5.62. The summed E-state index contributed by atoms with van der Waals surface area (Å²) in [6.07, 6.45) is -3.12. The molecule has 2 aromatic rings. The van der Waals surface area contributed by atoms with Crippen LogP contribution in [0.4, 0.5) is 17.6 Å². The Bertz CT molecular complexity index is 1030. The van der Waals surface area contributed by atoms with Crippen molar-refractivity contribution >= 4 is 29.3 Å². The fourth-order valence-corrected chi connectivity index (χ4v) is 4.35. The van der Waals surface area contributed by atoms with Crippen molar-refractivity contribution in [3.8, 4) is 0 Å². The number of sulfonamides is 1. The van der Waals surface area contributed by atoms with E-state index >= 15 is 0 Å². The molecule has 0 spiro atoms. The minimum absolute atomic E-state index is 0.